The number of nitrogens with zero attached hydrogens (tertiary/aromatic N) is 4. The highest BCUT2D eigenvalue weighted by Crippen LogP contribution is 2.33. The first kappa shape index (κ1) is 20.5. The van der Waals surface area contributed by atoms with Gasteiger partial charge in [0.05, 0.1) is 16.6 Å². The highest BCUT2D eigenvalue weighted by atomic mass is 16.6. The Labute approximate surface area is 186 Å². The van der Waals surface area contributed by atoms with Crippen LogP contribution < -0.4 is 9.47 Å². The quantitative estimate of drug-likeness (QED) is 0.589. The zero-order valence-electron chi connectivity index (χ0n) is 18.6. The molecule has 0 atom stereocenters. The molecular formula is C24H26N4O4. The lowest BCUT2D eigenvalue weighted by atomic mass is 9.88. The van der Waals surface area contributed by atoms with Gasteiger partial charge in [-0.15, -0.1) is 0 Å². The summed E-state index contributed by atoms with van der Waals surface area (Å²) >= 11 is 0. The van der Waals surface area contributed by atoms with Crippen molar-refractivity contribution in [3.63, 3.8) is 0 Å². The van der Waals surface area contributed by atoms with Crippen molar-refractivity contribution in [2.75, 3.05) is 26.3 Å². The molecule has 1 fully saturated rings. The van der Waals surface area contributed by atoms with Crippen molar-refractivity contribution >= 4 is 22.7 Å². The molecule has 8 heteroatoms. The molecule has 5 rings (SSSR count). The summed E-state index contributed by atoms with van der Waals surface area (Å²) in [5.74, 6) is 1.26. The number of carbonyl (C=O) groups excluding carboxylic acids is 2. The van der Waals surface area contributed by atoms with Gasteiger partial charge in [0.2, 0.25) is 0 Å². The van der Waals surface area contributed by atoms with Crippen molar-refractivity contribution in [3.8, 4) is 11.5 Å². The molecule has 32 heavy (non-hydrogen) atoms. The summed E-state index contributed by atoms with van der Waals surface area (Å²) in [5.41, 5.74) is 3.57. The summed E-state index contributed by atoms with van der Waals surface area (Å²) in [5, 5.41) is 5.24. The van der Waals surface area contributed by atoms with E-state index in [0.717, 1.165) is 22.4 Å². The summed E-state index contributed by atoms with van der Waals surface area (Å²) in [6.45, 7) is 5.88. The number of amides is 1. The van der Waals surface area contributed by atoms with Gasteiger partial charge in [0.15, 0.2) is 22.9 Å². The maximum absolute atomic E-state index is 13.4. The van der Waals surface area contributed by atoms with E-state index in [-0.39, 0.29) is 17.6 Å². The van der Waals surface area contributed by atoms with E-state index in [4.69, 9.17) is 9.47 Å². The van der Waals surface area contributed by atoms with Gasteiger partial charge in [-0.3, -0.25) is 14.3 Å². The van der Waals surface area contributed by atoms with Crippen LogP contribution in [0.4, 0.5) is 0 Å². The molecule has 2 aromatic heterocycles. The molecule has 0 aliphatic carbocycles. The number of ketones is 1. The molecule has 0 bridgehead atoms. The maximum atomic E-state index is 13.4. The van der Waals surface area contributed by atoms with Crippen molar-refractivity contribution in [2.24, 2.45) is 13.0 Å². The number of hydrogen-bond acceptors (Lipinski definition) is 6. The highest BCUT2D eigenvalue weighted by Gasteiger charge is 2.30. The average molecular weight is 434 g/mol. The molecule has 0 spiro atoms. The van der Waals surface area contributed by atoms with Crippen molar-refractivity contribution in [2.45, 2.75) is 26.7 Å². The standard InChI is InChI=1S/C24H26N4O4/c1-14-12-18(21-15(2)26-27(3)23(21)25-14)24(30)28-8-6-16(7-9-28)22(29)17-4-5-19-20(13-17)32-11-10-31-19/h4-5,12-13,16H,6-11H2,1-3H3. The first-order valence-electron chi connectivity index (χ1n) is 11.0. The van der Waals surface area contributed by atoms with Crippen LogP contribution in [-0.4, -0.2) is 57.7 Å². The lowest BCUT2D eigenvalue weighted by Crippen LogP contribution is -2.40. The number of fused-ring (bicyclic) bond motifs is 2. The van der Waals surface area contributed by atoms with E-state index in [0.29, 0.717) is 61.8 Å². The normalized spacial score (nSPS) is 16.4. The fourth-order valence-electron chi connectivity index (χ4n) is 4.69. The summed E-state index contributed by atoms with van der Waals surface area (Å²) in [7, 11) is 1.84. The van der Waals surface area contributed by atoms with E-state index in [2.05, 4.69) is 10.1 Å². The van der Waals surface area contributed by atoms with Gasteiger partial charge in [-0.05, 0) is 51.0 Å². The first-order valence-corrected chi connectivity index (χ1v) is 11.0. The maximum Gasteiger partial charge on any atom is 0.254 e. The molecule has 0 saturated carbocycles. The Morgan fingerprint density at radius 2 is 1.75 bits per heavy atom. The number of carbonyl (C=O) groups is 2. The third-order valence-electron chi connectivity index (χ3n) is 6.31. The largest absolute Gasteiger partial charge is 0.486 e. The van der Waals surface area contributed by atoms with Gasteiger partial charge in [-0.1, -0.05) is 0 Å². The summed E-state index contributed by atoms with van der Waals surface area (Å²) in [6, 6.07) is 7.21. The summed E-state index contributed by atoms with van der Waals surface area (Å²) in [6.07, 6.45) is 1.27. The second kappa shape index (κ2) is 7.93. The molecule has 4 heterocycles. The first-order chi connectivity index (χ1) is 15.4. The SMILES string of the molecule is Cc1cc(C(=O)N2CCC(C(=O)c3ccc4c(c3)OCCO4)CC2)c2c(C)nn(C)c2n1. The molecule has 1 aromatic carbocycles. The van der Waals surface area contributed by atoms with E-state index in [1.165, 1.54) is 0 Å². The van der Waals surface area contributed by atoms with Crippen molar-refractivity contribution in [1.82, 2.24) is 19.7 Å². The molecule has 3 aromatic rings. The van der Waals surface area contributed by atoms with Crippen LogP contribution >= 0.6 is 0 Å². The van der Waals surface area contributed by atoms with Crippen LogP contribution in [0.5, 0.6) is 11.5 Å². The van der Waals surface area contributed by atoms with Crippen LogP contribution in [-0.2, 0) is 7.05 Å². The molecular weight excluding hydrogens is 408 g/mol. The van der Waals surface area contributed by atoms with Crippen molar-refractivity contribution in [3.05, 3.63) is 46.8 Å². The molecule has 166 valence electrons. The Kier molecular flexibility index (Phi) is 5.07. The number of aromatic nitrogens is 3. The number of rotatable bonds is 3. The summed E-state index contributed by atoms with van der Waals surface area (Å²) < 4.78 is 12.9. The van der Waals surface area contributed by atoms with E-state index in [9.17, 15) is 9.59 Å². The van der Waals surface area contributed by atoms with E-state index >= 15 is 0 Å². The number of pyridine rings is 1. The van der Waals surface area contributed by atoms with E-state index < -0.39 is 0 Å². The van der Waals surface area contributed by atoms with Crippen LogP contribution in [0, 0.1) is 19.8 Å². The Morgan fingerprint density at radius 3 is 2.50 bits per heavy atom. The topological polar surface area (TPSA) is 86.5 Å². The molecule has 2 aliphatic rings. The van der Waals surface area contributed by atoms with Gasteiger partial charge in [0.25, 0.3) is 5.91 Å². The smallest absolute Gasteiger partial charge is 0.254 e. The third-order valence-corrected chi connectivity index (χ3v) is 6.31. The second-order valence-electron chi connectivity index (χ2n) is 8.51. The van der Waals surface area contributed by atoms with Crippen LogP contribution in [0.2, 0.25) is 0 Å². The monoisotopic (exact) mass is 434 g/mol. The van der Waals surface area contributed by atoms with Gasteiger partial charge in [-0.2, -0.15) is 5.10 Å². The van der Waals surface area contributed by atoms with Gasteiger partial charge >= 0.3 is 0 Å². The zero-order valence-corrected chi connectivity index (χ0v) is 18.6. The Bertz CT molecular complexity index is 1220. The Morgan fingerprint density at radius 1 is 1.03 bits per heavy atom. The number of Topliss-reactive ketones (excluding diaryl/α,β-unsaturated/α-hetero) is 1. The predicted octanol–water partition coefficient (Wildman–Crippen LogP) is 3.09. The minimum absolute atomic E-state index is 0.0261. The van der Waals surface area contributed by atoms with Crippen LogP contribution in [0.1, 0.15) is 44.9 Å². The molecule has 2 aliphatic heterocycles. The molecule has 1 saturated heterocycles. The number of benzene rings is 1. The Balaban J connectivity index is 1.31. The van der Waals surface area contributed by atoms with Gasteiger partial charge in [0.1, 0.15) is 13.2 Å². The van der Waals surface area contributed by atoms with Crippen molar-refractivity contribution in [1.29, 1.82) is 0 Å². The van der Waals surface area contributed by atoms with E-state index in [1.807, 2.05) is 31.9 Å². The van der Waals surface area contributed by atoms with E-state index in [1.54, 1.807) is 22.9 Å². The van der Waals surface area contributed by atoms with Crippen LogP contribution in [0.25, 0.3) is 11.0 Å². The Hall–Kier alpha value is -3.42. The number of likely N-dealkylation sites (tertiary alicyclic amines) is 1. The number of ether oxygens (including phenoxy) is 2. The molecule has 0 radical (unpaired) electrons. The molecule has 0 unspecified atom stereocenters. The van der Waals surface area contributed by atoms with Gasteiger partial charge in [-0.25, -0.2) is 4.98 Å². The molecule has 0 N–H and O–H groups in total. The molecule has 8 nitrogen and oxygen atoms in total. The fraction of sp³-hybridized carbons (Fsp3) is 0.417. The van der Waals surface area contributed by atoms with Gasteiger partial charge < -0.3 is 14.4 Å². The number of piperidine rings is 1. The van der Waals surface area contributed by atoms with Crippen LogP contribution in [0.15, 0.2) is 24.3 Å². The zero-order chi connectivity index (χ0) is 22.4. The lowest BCUT2D eigenvalue weighted by Gasteiger charge is -2.31. The third kappa shape index (κ3) is 3.49. The minimum Gasteiger partial charge on any atom is -0.486 e. The predicted molar refractivity (Wildman–Crippen MR) is 118 cm³/mol. The molecule has 1 amide bonds. The highest BCUT2D eigenvalue weighted by molar-refractivity contribution is 6.06. The average Bonchev–Trinajstić information content (AvgIpc) is 3.10. The van der Waals surface area contributed by atoms with Crippen LogP contribution in [0.3, 0.4) is 0 Å². The lowest BCUT2D eigenvalue weighted by molar-refractivity contribution is 0.0651. The summed E-state index contributed by atoms with van der Waals surface area (Å²) in [4.78, 5) is 32.9. The number of aryl methyl sites for hydroxylation is 3. The fourth-order valence-corrected chi connectivity index (χ4v) is 4.69. The van der Waals surface area contributed by atoms with Gasteiger partial charge in [0, 0.05) is 37.3 Å². The number of hydrogen-bond donors (Lipinski definition) is 0. The minimum atomic E-state index is -0.110. The van der Waals surface area contributed by atoms with Crippen molar-refractivity contribution < 1.29 is 19.1 Å². The second-order valence-corrected chi connectivity index (χ2v) is 8.51.